The van der Waals surface area contributed by atoms with Crippen LogP contribution in [0.25, 0.3) is 11.4 Å². The number of benzene rings is 1. The molecule has 0 bridgehead atoms. The number of rotatable bonds is 2. The number of urea groups is 1. The Morgan fingerprint density at radius 2 is 1.86 bits per heavy atom. The predicted molar refractivity (Wildman–Crippen MR) is 115 cm³/mol. The second-order valence-corrected chi connectivity index (χ2v) is 8.15. The highest BCUT2D eigenvalue weighted by molar-refractivity contribution is 6.20. The van der Waals surface area contributed by atoms with Crippen LogP contribution in [-0.4, -0.2) is 47.7 Å². The lowest BCUT2D eigenvalue weighted by Crippen LogP contribution is -2.62. The van der Waals surface area contributed by atoms with Gasteiger partial charge in [-0.05, 0) is 23.8 Å². The molecule has 0 radical (unpaired) electrons. The van der Waals surface area contributed by atoms with Crippen LogP contribution in [0.15, 0.2) is 28.4 Å². The third kappa shape index (κ3) is 4.38. The van der Waals surface area contributed by atoms with Gasteiger partial charge in [0.2, 0.25) is 17.6 Å². The maximum Gasteiger partial charge on any atom is 0.328 e. The molecule has 4 heterocycles. The molecule has 3 aliphatic rings. The fourth-order valence-corrected chi connectivity index (χ4v) is 4.05. The number of imide groups is 2. The summed E-state index contributed by atoms with van der Waals surface area (Å²) in [5.74, 6) is -3.86. The molecule has 1 aromatic heterocycles. The number of hydrogen-bond donors (Lipinski definition) is 2. The molecule has 0 saturated carbocycles. The monoisotopic (exact) mass is 493 g/mol. The van der Waals surface area contributed by atoms with Crippen molar-refractivity contribution in [2.24, 2.45) is 5.41 Å². The SMILES string of the molecule is CCC.O=C1NC(=O)C2(C=C3COCCN3c3cc(F)c(-c4noc(C(F)F)n4)cc3C2)C(=O)N1. The Morgan fingerprint density at radius 3 is 2.49 bits per heavy atom. The van der Waals surface area contributed by atoms with Gasteiger partial charge in [-0.1, -0.05) is 25.4 Å². The number of fused-ring (bicyclic) bond motifs is 3. The number of morpholine rings is 1. The van der Waals surface area contributed by atoms with Crippen molar-refractivity contribution in [1.29, 1.82) is 0 Å². The quantitative estimate of drug-likeness (QED) is 0.612. The van der Waals surface area contributed by atoms with E-state index in [1.165, 1.54) is 18.6 Å². The number of barbiturate groups is 1. The largest absolute Gasteiger partial charge is 0.373 e. The number of ether oxygens (including phenoxy) is 1. The van der Waals surface area contributed by atoms with Gasteiger partial charge in [-0.2, -0.15) is 13.8 Å². The van der Waals surface area contributed by atoms with Crippen LogP contribution in [0.4, 0.5) is 23.7 Å². The number of aromatic nitrogens is 2. The van der Waals surface area contributed by atoms with E-state index in [1.54, 1.807) is 4.90 Å². The fourth-order valence-electron chi connectivity index (χ4n) is 4.05. The summed E-state index contributed by atoms with van der Waals surface area (Å²) in [5, 5.41) is 7.58. The number of carbonyl (C=O) groups is 3. The van der Waals surface area contributed by atoms with Crippen molar-refractivity contribution in [3.8, 4) is 11.4 Å². The number of alkyl halides is 2. The van der Waals surface area contributed by atoms with Crippen LogP contribution in [-0.2, 0) is 20.7 Å². The van der Waals surface area contributed by atoms with Crippen molar-refractivity contribution >= 4 is 23.5 Å². The number of nitrogens with one attached hydrogen (secondary N) is 2. The zero-order valence-electron chi connectivity index (χ0n) is 18.9. The number of carbonyl (C=O) groups excluding carboxylic acids is 3. The summed E-state index contributed by atoms with van der Waals surface area (Å²) in [4.78, 5) is 42.5. The van der Waals surface area contributed by atoms with E-state index in [-0.39, 0.29) is 18.6 Å². The van der Waals surface area contributed by atoms with Crippen LogP contribution in [0.1, 0.15) is 38.1 Å². The Morgan fingerprint density at radius 1 is 1.17 bits per heavy atom. The number of nitrogens with zero attached hydrogens (tertiary/aromatic N) is 3. The van der Waals surface area contributed by atoms with Crippen LogP contribution >= 0.6 is 0 Å². The fraction of sp³-hybridized carbons (Fsp3) is 0.409. The molecule has 2 aromatic rings. The highest BCUT2D eigenvalue weighted by Gasteiger charge is 2.51. The van der Waals surface area contributed by atoms with Gasteiger partial charge >= 0.3 is 12.5 Å². The molecule has 4 amide bonds. The van der Waals surface area contributed by atoms with Gasteiger partial charge in [-0.3, -0.25) is 20.2 Å². The lowest BCUT2D eigenvalue weighted by atomic mass is 9.78. The summed E-state index contributed by atoms with van der Waals surface area (Å²) >= 11 is 0. The third-order valence-electron chi connectivity index (χ3n) is 5.53. The first-order valence-electron chi connectivity index (χ1n) is 10.9. The molecule has 5 rings (SSSR count). The van der Waals surface area contributed by atoms with E-state index in [1.807, 2.05) is 0 Å². The zero-order chi connectivity index (χ0) is 25.3. The first kappa shape index (κ1) is 24.4. The van der Waals surface area contributed by atoms with Crippen molar-refractivity contribution in [3.63, 3.8) is 0 Å². The van der Waals surface area contributed by atoms with Gasteiger partial charge in [-0.25, -0.2) is 9.18 Å². The van der Waals surface area contributed by atoms with E-state index in [4.69, 9.17) is 4.74 Å². The van der Waals surface area contributed by atoms with Gasteiger partial charge in [0.15, 0.2) is 5.41 Å². The summed E-state index contributed by atoms with van der Waals surface area (Å²) < 4.78 is 50.6. The number of amides is 4. The molecular weight excluding hydrogens is 471 g/mol. The minimum atomic E-state index is -3.03. The van der Waals surface area contributed by atoms with E-state index in [2.05, 4.69) is 39.1 Å². The molecule has 2 saturated heterocycles. The Labute approximate surface area is 197 Å². The topological polar surface area (TPSA) is 127 Å². The molecule has 0 aliphatic carbocycles. The zero-order valence-corrected chi connectivity index (χ0v) is 18.9. The van der Waals surface area contributed by atoms with Gasteiger partial charge in [0, 0.05) is 24.4 Å². The normalized spacial score (nSPS) is 18.6. The van der Waals surface area contributed by atoms with E-state index in [0.29, 0.717) is 30.1 Å². The molecule has 1 spiro atoms. The third-order valence-corrected chi connectivity index (χ3v) is 5.53. The van der Waals surface area contributed by atoms with Gasteiger partial charge in [0.05, 0.1) is 18.8 Å². The van der Waals surface area contributed by atoms with Gasteiger partial charge in [0.25, 0.3) is 5.89 Å². The van der Waals surface area contributed by atoms with E-state index < -0.39 is 47.2 Å². The maximum absolute atomic E-state index is 15.0. The van der Waals surface area contributed by atoms with Crippen LogP contribution in [0.2, 0.25) is 0 Å². The minimum absolute atomic E-state index is 0.0572. The van der Waals surface area contributed by atoms with Crippen molar-refractivity contribution in [1.82, 2.24) is 20.8 Å². The first-order valence-corrected chi connectivity index (χ1v) is 10.9. The Kier molecular flexibility index (Phi) is 6.61. The molecule has 0 unspecified atom stereocenters. The minimum Gasteiger partial charge on any atom is -0.373 e. The molecule has 35 heavy (non-hydrogen) atoms. The molecule has 13 heteroatoms. The van der Waals surface area contributed by atoms with Crippen LogP contribution in [0.3, 0.4) is 0 Å². The lowest BCUT2D eigenvalue weighted by molar-refractivity contribution is -0.140. The average Bonchev–Trinajstić information content (AvgIpc) is 3.24. The molecule has 2 N–H and O–H groups in total. The van der Waals surface area contributed by atoms with Gasteiger partial charge in [-0.15, -0.1) is 0 Å². The number of hydrogen-bond acceptors (Lipinski definition) is 8. The maximum atomic E-state index is 15.0. The Balaban J connectivity index is 0.000000917. The first-order chi connectivity index (χ1) is 16.7. The van der Waals surface area contributed by atoms with Crippen molar-refractivity contribution in [2.75, 3.05) is 24.7 Å². The van der Waals surface area contributed by atoms with Crippen LogP contribution < -0.4 is 15.5 Å². The van der Waals surface area contributed by atoms with E-state index >= 15 is 4.39 Å². The molecular formula is C22H22F3N5O5. The molecule has 186 valence electrons. The smallest absolute Gasteiger partial charge is 0.328 e. The number of anilines is 1. The lowest BCUT2D eigenvalue weighted by Gasteiger charge is -2.33. The van der Waals surface area contributed by atoms with Crippen LogP contribution in [0.5, 0.6) is 0 Å². The summed E-state index contributed by atoms with van der Waals surface area (Å²) in [6.07, 6.45) is -0.611. The van der Waals surface area contributed by atoms with E-state index in [0.717, 1.165) is 6.07 Å². The molecule has 0 atom stereocenters. The summed E-state index contributed by atoms with van der Waals surface area (Å²) in [6.45, 7) is 4.93. The van der Waals surface area contributed by atoms with Gasteiger partial charge in [0.1, 0.15) is 5.82 Å². The Hall–Kier alpha value is -3.74. The molecule has 10 nitrogen and oxygen atoms in total. The second kappa shape index (κ2) is 9.49. The molecule has 2 fully saturated rings. The van der Waals surface area contributed by atoms with Crippen molar-refractivity contribution < 1.29 is 36.8 Å². The summed E-state index contributed by atoms with van der Waals surface area (Å²) in [6, 6.07) is 1.50. The van der Waals surface area contributed by atoms with Gasteiger partial charge < -0.3 is 14.2 Å². The van der Waals surface area contributed by atoms with Crippen molar-refractivity contribution in [2.45, 2.75) is 33.1 Å². The molecule has 3 aliphatic heterocycles. The summed E-state index contributed by atoms with van der Waals surface area (Å²) in [5.41, 5.74) is -0.890. The van der Waals surface area contributed by atoms with Crippen LogP contribution in [0, 0.1) is 11.2 Å². The second-order valence-electron chi connectivity index (χ2n) is 8.15. The standard InChI is InChI=1S/C19H14F3N5O5.C3H8/c20-11-4-12-8(3-10(11)14-23-15(13(21)22)32-26-14)5-19(6-9-7-31-2-1-27(9)12)16(28)24-18(30)25-17(19)29;1-3-2/h3-4,6,13H,1-2,5,7H2,(H2,24,25,28,29,30);3H2,1-2H3. The van der Waals surface area contributed by atoms with E-state index in [9.17, 15) is 23.2 Å². The average molecular weight is 493 g/mol. The summed E-state index contributed by atoms with van der Waals surface area (Å²) in [7, 11) is 0. The van der Waals surface area contributed by atoms with Crippen molar-refractivity contribution in [3.05, 3.63) is 41.2 Å². The highest BCUT2D eigenvalue weighted by Crippen LogP contribution is 2.41. The predicted octanol–water partition coefficient (Wildman–Crippen LogP) is 2.86. The Bertz CT molecular complexity index is 1190. The number of halogens is 3. The molecule has 1 aromatic carbocycles. The highest BCUT2D eigenvalue weighted by atomic mass is 19.3.